The number of aliphatic hydroxyl groups is 1. The highest BCUT2D eigenvalue weighted by molar-refractivity contribution is 5.82. The van der Waals surface area contributed by atoms with Crippen LogP contribution in [-0.4, -0.2) is 17.7 Å². The number of carbonyl (C=O) groups excluding carboxylic acids is 1. The molecule has 1 aliphatic carbocycles. The van der Waals surface area contributed by atoms with Crippen LogP contribution in [0.2, 0.25) is 0 Å². The quantitative estimate of drug-likeness (QED) is 0.801. The Balaban J connectivity index is 2.45. The van der Waals surface area contributed by atoms with Gasteiger partial charge in [-0.15, -0.1) is 0 Å². The van der Waals surface area contributed by atoms with Crippen LogP contribution in [-0.2, 0) is 21.6 Å². The van der Waals surface area contributed by atoms with Gasteiger partial charge in [0.15, 0.2) is 5.60 Å². The van der Waals surface area contributed by atoms with Gasteiger partial charge in [-0.25, -0.2) is 9.18 Å². The van der Waals surface area contributed by atoms with E-state index >= 15 is 0 Å². The van der Waals surface area contributed by atoms with Crippen LogP contribution in [0.15, 0.2) is 18.2 Å². The zero-order chi connectivity index (χ0) is 12.5. The number of hydrogen-bond acceptors (Lipinski definition) is 3. The van der Waals surface area contributed by atoms with E-state index in [2.05, 4.69) is 0 Å². The summed E-state index contributed by atoms with van der Waals surface area (Å²) in [5, 5.41) is 10.4. The SMILES string of the molecule is CCOC(=O)C1(O)CCCc2ccc(F)cc21. The molecular formula is C13H15FO3. The van der Waals surface area contributed by atoms with Gasteiger partial charge in [0.05, 0.1) is 6.61 Å². The minimum absolute atomic E-state index is 0.200. The fourth-order valence-corrected chi connectivity index (χ4v) is 2.28. The number of esters is 1. The van der Waals surface area contributed by atoms with Crippen LogP contribution in [0.25, 0.3) is 0 Å². The maximum absolute atomic E-state index is 13.2. The van der Waals surface area contributed by atoms with E-state index in [1.54, 1.807) is 13.0 Å². The van der Waals surface area contributed by atoms with Crippen LogP contribution in [0.3, 0.4) is 0 Å². The summed E-state index contributed by atoms with van der Waals surface area (Å²) in [5.41, 5.74) is -0.526. The second kappa shape index (κ2) is 4.45. The summed E-state index contributed by atoms with van der Waals surface area (Å²) in [4.78, 5) is 11.8. The molecule has 1 aromatic carbocycles. The highest BCUT2D eigenvalue weighted by atomic mass is 19.1. The van der Waals surface area contributed by atoms with Crippen molar-refractivity contribution in [3.63, 3.8) is 0 Å². The van der Waals surface area contributed by atoms with Gasteiger partial charge in [0.25, 0.3) is 0 Å². The molecule has 17 heavy (non-hydrogen) atoms. The third-order valence-electron chi connectivity index (χ3n) is 3.12. The van der Waals surface area contributed by atoms with Gasteiger partial charge in [0.1, 0.15) is 5.82 Å². The van der Waals surface area contributed by atoms with Gasteiger partial charge in [0, 0.05) is 5.56 Å². The molecule has 2 rings (SSSR count). The van der Waals surface area contributed by atoms with Gasteiger partial charge in [-0.1, -0.05) is 6.07 Å². The molecule has 0 saturated carbocycles. The molecule has 1 unspecified atom stereocenters. The van der Waals surface area contributed by atoms with E-state index in [9.17, 15) is 14.3 Å². The van der Waals surface area contributed by atoms with E-state index in [4.69, 9.17) is 4.74 Å². The predicted molar refractivity (Wildman–Crippen MR) is 59.9 cm³/mol. The Morgan fingerprint density at radius 2 is 2.35 bits per heavy atom. The second-order valence-corrected chi connectivity index (χ2v) is 4.24. The van der Waals surface area contributed by atoms with Gasteiger partial charge in [0.2, 0.25) is 0 Å². The number of hydrogen-bond donors (Lipinski definition) is 1. The smallest absolute Gasteiger partial charge is 0.342 e. The molecule has 0 fully saturated rings. The molecule has 1 aliphatic rings. The molecule has 0 heterocycles. The van der Waals surface area contributed by atoms with Crippen molar-refractivity contribution < 1.29 is 19.0 Å². The largest absolute Gasteiger partial charge is 0.464 e. The molecule has 0 aliphatic heterocycles. The molecule has 92 valence electrons. The fraction of sp³-hybridized carbons (Fsp3) is 0.462. The Morgan fingerprint density at radius 3 is 3.06 bits per heavy atom. The van der Waals surface area contributed by atoms with Crippen LogP contribution < -0.4 is 0 Å². The monoisotopic (exact) mass is 238 g/mol. The summed E-state index contributed by atoms with van der Waals surface area (Å²) >= 11 is 0. The number of rotatable bonds is 2. The number of fused-ring (bicyclic) bond motifs is 1. The summed E-state index contributed by atoms with van der Waals surface area (Å²) in [6, 6.07) is 4.19. The van der Waals surface area contributed by atoms with Crippen LogP contribution in [0, 0.1) is 5.82 Å². The van der Waals surface area contributed by atoms with Crippen molar-refractivity contribution in [1.82, 2.24) is 0 Å². The van der Waals surface area contributed by atoms with Gasteiger partial charge >= 0.3 is 5.97 Å². The van der Waals surface area contributed by atoms with E-state index in [0.29, 0.717) is 12.0 Å². The Bertz CT molecular complexity index is 444. The van der Waals surface area contributed by atoms with E-state index < -0.39 is 17.4 Å². The van der Waals surface area contributed by atoms with Crippen molar-refractivity contribution in [1.29, 1.82) is 0 Å². The van der Waals surface area contributed by atoms with Crippen LogP contribution in [0.5, 0.6) is 0 Å². The molecule has 1 atom stereocenters. The normalized spacial score (nSPS) is 23.0. The maximum Gasteiger partial charge on any atom is 0.342 e. The minimum atomic E-state index is -1.69. The van der Waals surface area contributed by atoms with Gasteiger partial charge in [-0.2, -0.15) is 0 Å². The summed E-state index contributed by atoms with van der Waals surface area (Å²) in [7, 11) is 0. The molecule has 0 amide bonds. The fourth-order valence-electron chi connectivity index (χ4n) is 2.28. The molecule has 0 spiro atoms. The van der Waals surface area contributed by atoms with Crippen molar-refractivity contribution in [3.05, 3.63) is 35.1 Å². The zero-order valence-corrected chi connectivity index (χ0v) is 9.70. The lowest BCUT2D eigenvalue weighted by atomic mass is 9.79. The molecule has 1 aromatic rings. The summed E-state index contributed by atoms with van der Waals surface area (Å²) < 4.78 is 18.1. The van der Waals surface area contributed by atoms with Crippen molar-refractivity contribution in [3.8, 4) is 0 Å². The van der Waals surface area contributed by atoms with Crippen molar-refractivity contribution >= 4 is 5.97 Å². The Hall–Kier alpha value is -1.42. The average Bonchev–Trinajstić information content (AvgIpc) is 2.31. The van der Waals surface area contributed by atoms with E-state index in [-0.39, 0.29) is 13.0 Å². The topological polar surface area (TPSA) is 46.5 Å². The third kappa shape index (κ3) is 2.05. The Morgan fingerprint density at radius 1 is 1.59 bits per heavy atom. The molecule has 0 saturated heterocycles. The van der Waals surface area contributed by atoms with E-state index in [0.717, 1.165) is 12.0 Å². The Labute approximate surface area is 99.2 Å². The Kier molecular flexibility index (Phi) is 3.15. The van der Waals surface area contributed by atoms with Crippen molar-refractivity contribution in [2.24, 2.45) is 0 Å². The lowest BCUT2D eigenvalue weighted by Gasteiger charge is -2.32. The molecule has 4 heteroatoms. The van der Waals surface area contributed by atoms with E-state index in [1.165, 1.54) is 12.1 Å². The van der Waals surface area contributed by atoms with Crippen molar-refractivity contribution in [2.75, 3.05) is 6.61 Å². The third-order valence-corrected chi connectivity index (χ3v) is 3.12. The van der Waals surface area contributed by atoms with Crippen LogP contribution in [0.1, 0.15) is 30.9 Å². The zero-order valence-electron chi connectivity index (χ0n) is 9.70. The lowest BCUT2D eigenvalue weighted by Crippen LogP contribution is -2.40. The van der Waals surface area contributed by atoms with Crippen LogP contribution >= 0.6 is 0 Å². The van der Waals surface area contributed by atoms with Gasteiger partial charge in [-0.05, 0) is 43.9 Å². The molecular weight excluding hydrogens is 223 g/mol. The standard InChI is InChI=1S/C13H15FO3/c1-2-17-12(15)13(16)7-3-4-9-5-6-10(14)8-11(9)13/h5-6,8,16H,2-4,7H2,1H3. The molecule has 0 aromatic heterocycles. The first-order chi connectivity index (χ1) is 8.08. The van der Waals surface area contributed by atoms with Gasteiger partial charge in [-0.3, -0.25) is 0 Å². The second-order valence-electron chi connectivity index (χ2n) is 4.24. The lowest BCUT2D eigenvalue weighted by molar-refractivity contribution is -0.168. The number of carbonyl (C=O) groups is 1. The molecule has 3 nitrogen and oxygen atoms in total. The van der Waals surface area contributed by atoms with Crippen molar-refractivity contribution in [2.45, 2.75) is 31.8 Å². The molecule has 1 N–H and O–H groups in total. The maximum atomic E-state index is 13.2. The summed E-state index contributed by atoms with van der Waals surface area (Å²) in [6.45, 7) is 1.88. The number of ether oxygens (including phenoxy) is 1. The summed E-state index contributed by atoms with van der Waals surface area (Å²) in [6.07, 6.45) is 1.72. The average molecular weight is 238 g/mol. The van der Waals surface area contributed by atoms with Gasteiger partial charge < -0.3 is 9.84 Å². The number of halogens is 1. The first-order valence-electron chi connectivity index (χ1n) is 5.76. The predicted octanol–water partition coefficient (Wildman–Crippen LogP) is 1.91. The highest BCUT2D eigenvalue weighted by Gasteiger charge is 2.43. The number of benzene rings is 1. The van der Waals surface area contributed by atoms with Crippen LogP contribution in [0.4, 0.5) is 4.39 Å². The summed E-state index contributed by atoms with van der Waals surface area (Å²) in [5.74, 6) is -1.14. The van der Waals surface area contributed by atoms with E-state index in [1.807, 2.05) is 0 Å². The highest BCUT2D eigenvalue weighted by Crippen LogP contribution is 2.36. The first kappa shape index (κ1) is 12.0. The minimum Gasteiger partial charge on any atom is -0.464 e. The molecule has 0 radical (unpaired) electrons. The first-order valence-corrected chi connectivity index (χ1v) is 5.76. The number of aryl methyl sites for hydroxylation is 1. The molecule has 0 bridgehead atoms.